The number of carboxylic acids is 1. The minimum Gasteiger partial charge on any atom is -0.480 e. The lowest BCUT2D eigenvalue weighted by atomic mass is 9.90. The zero-order valence-electron chi connectivity index (χ0n) is 13.8. The molecule has 118 valence electrons. The van der Waals surface area contributed by atoms with Crippen molar-refractivity contribution in [1.29, 1.82) is 0 Å². The maximum atomic E-state index is 11.7. The van der Waals surface area contributed by atoms with Crippen LogP contribution in [0.3, 0.4) is 0 Å². The molecule has 1 unspecified atom stereocenters. The molecule has 0 bridgehead atoms. The molecule has 0 radical (unpaired) electrons. The normalized spacial score (nSPS) is 14.4. The van der Waals surface area contributed by atoms with Crippen molar-refractivity contribution < 1.29 is 9.90 Å². The molecule has 4 nitrogen and oxygen atoms in total. The van der Waals surface area contributed by atoms with Gasteiger partial charge in [0.15, 0.2) is 0 Å². The molecule has 4 heteroatoms. The second-order valence-electron chi connectivity index (χ2n) is 6.46. The van der Waals surface area contributed by atoms with Gasteiger partial charge in [-0.15, -0.1) is 0 Å². The second kappa shape index (κ2) is 7.57. The van der Waals surface area contributed by atoms with Gasteiger partial charge in [-0.2, -0.15) is 0 Å². The summed E-state index contributed by atoms with van der Waals surface area (Å²) in [5, 5.41) is 12.8. The second-order valence-corrected chi connectivity index (χ2v) is 6.46. The predicted molar refractivity (Wildman–Crippen MR) is 86.5 cm³/mol. The Hall–Kier alpha value is -1.39. The Morgan fingerprint density at radius 2 is 1.86 bits per heavy atom. The van der Waals surface area contributed by atoms with E-state index >= 15 is 0 Å². The minimum atomic E-state index is -1.05. The Labute approximate surface area is 128 Å². The summed E-state index contributed by atoms with van der Waals surface area (Å²) in [5.41, 5.74) is 0.989. The summed E-state index contributed by atoms with van der Waals surface area (Å²) in [6.45, 7) is 7.51. The fourth-order valence-electron chi connectivity index (χ4n) is 2.28. The lowest BCUT2D eigenvalue weighted by molar-refractivity contribution is -0.144. The first-order chi connectivity index (χ1) is 9.75. The first-order valence-corrected chi connectivity index (χ1v) is 7.48. The number of rotatable bonds is 8. The molecular formula is C17H28N2O2. The Balaban J connectivity index is 2.86. The average Bonchev–Trinajstić information content (AvgIpc) is 2.37. The van der Waals surface area contributed by atoms with Crippen LogP contribution in [0.25, 0.3) is 0 Å². The Kier molecular flexibility index (Phi) is 6.37. The Morgan fingerprint density at radius 1 is 1.29 bits per heavy atom. The Bertz CT molecular complexity index is 454. The molecule has 0 aliphatic heterocycles. The number of aliphatic carboxylic acids is 1. The summed E-state index contributed by atoms with van der Waals surface area (Å²) >= 11 is 0. The molecule has 0 saturated heterocycles. The van der Waals surface area contributed by atoms with E-state index in [1.54, 1.807) is 6.92 Å². The molecule has 1 aromatic carbocycles. The average molecular weight is 292 g/mol. The van der Waals surface area contributed by atoms with E-state index in [-0.39, 0.29) is 0 Å². The van der Waals surface area contributed by atoms with Gasteiger partial charge in [0.2, 0.25) is 0 Å². The van der Waals surface area contributed by atoms with Gasteiger partial charge < -0.3 is 10.0 Å². The fourth-order valence-corrected chi connectivity index (χ4v) is 2.28. The zero-order chi connectivity index (χ0) is 16.0. The zero-order valence-corrected chi connectivity index (χ0v) is 13.8. The molecule has 21 heavy (non-hydrogen) atoms. The van der Waals surface area contributed by atoms with Crippen LogP contribution in [0, 0.1) is 5.92 Å². The van der Waals surface area contributed by atoms with Gasteiger partial charge in [-0.05, 0) is 44.5 Å². The summed E-state index contributed by atoms with van der Waals surface area (Å²) in [6, 6.07) is 7.91. The summed E-state index contributed by atoms with van der Waals surface area (Å²) in [4.78, 5) is 13.7. The van der Waals surface area contributed by atoms with E-state index in [2.05, 4.69) is 19.2 Å². The van der Waals surface area contributed by atoms with Crippen LogP contribution in [-0.4, -0.2) is 43.2 Å². The highest BCUT2D eigenvalue weighted by Crippen LogP contribution is 2.22. The first-order valence-electron chi connectivity index (χ1n) is 7.48. The third-order valence-corrected chi connectivity index (χ3v) is 3.64. The molecule has 0 aromatic heterocycles. The van der Waals surface area contributed by atoms with E-state index in [4.69, 9.17) is 0 Å². The molecule has 1 rings (SSSR count). The van der Waals surface area contributed by atoms with Gasteiger partial charge in [0.25, 0.3) is 0 Å². The monoisotopic (exact) mass is 292 g/mol. The number of nitrogens with zero attached hydrogens (tertiary/aromatic N) is 1. The van der Waals surface area contributed by atoms with Crippen LogP contribution in [0.15, 0.2) is 24.3 Å². The van der Waals surface area contributed by atoms with Crippen LogP contribution < -0.4 is 5.32 Å². The molecule has 0 spiro atoms. The first kappa shape index (κ1) is 17.7. The van der Waals surface area contributed by atoms with Crippen molar-refractivity contribution >= 4 is 5.97 Å². The van der Waals surface area contributed by atoms with E-state index in [0.29, 0.717) is 12.5 Å². The highest BCUT2D eigenvalue weighted by Gasteiger charge is 2.34. The predicted octanol–water partition coefficient (Wildman–Crippen LogP) is 2.34. The molecule has 0 aliphatic rings. The topological polar surface area (TPSA) is 52.6 Å². The quantitative estimate of drug-likeness (QED) is 0.772. The number of hydrogen-bond donors (Lipinski definition) is 2. The lowest BCUT2D eigenvalue weighted by Gasteiger charge is -2.28. The number of nitrogens with one attached hydrogen (secondary N) is 1. The highest BCUT2D eigenvalue weighted by molar-refractivity contribution is 5.80. The van der Waals surface area contributed by atoms with Crippen molar-refractivity contribution in [3.8, 4) is 0 Å². The lowest BCUT2D eigenvalue weighted by Crippen LogP contribution is -2.48. The van der Waals surface area contributed by atoms with Crippen molar-refractivity contribution in [3.63, 3.8) is 0 Å². The van der Waals surface area contributed by atoms with Crippen LogP contribution in [0.1, 0.15) is 31.9 Å². The molecule has 1 aromatic rings. The van der Waals surface area contributed by atoms with Gasteiger partial charge in [0, 0.05) is 13.1 Å². The van der Waals surface area contributed by atoms with E-state index in [1.165, 1.54) is 5.56 Å². The van der Waals surface area contributed by atoms with Crippen LogP contribution in [-0.2, 0) is 16.8 Å². The summed E-state index contributed by atoms with van der Waals surface area (Å²) in [7, 11) is 3.95. The molecule has 0 amide bonds. The van der Waals surface area contributed by atoms with Crippen molar-refractivity contribution in [2.75, 3.05) is 27.2 Å². The fraction of sp³-hybridized carbons (Fsp3) is 0.588. The molecule has 1 atom stereocenters. The van der Waals surface area contributed by atoms with Crippen LogP contribution in [0.2, 0.25) is 0 Å². The maximum absolute atomic E-state index is 11.7. The van der Waals surface area contributed by atoms with Gasteiger partial charge >= 0.3 is 5.97 Å². The van der Waals surface area contributed by atoms with E-state index in [1.807, 2.05) is 43.3 Å². The largest absolute Gasteiger partial charge is 0.480 e. The number of likely N-dealkylation sites (N-methyl/N-ethyl adjacent to an activating group) is 1. The minimum absolute atomic E-state index is 0.597. The number of carbonyl (C=O) groups is 1. The SMILES string of the molecule is CC(C)Cc1ccc(C(C)(NCCN(C)C)C(=O)O)cc1. The van der Waals surface area contributed by atoms with Crippen molar-refractivity contribution in [2.24, 2.45) is 5.92 Å². The standard InChI is InChI=1S/C17H28N2O2/c1-13(2)12-14-6-8-15(9-7-14)17(3,16(20)21)18-10-11-19(4)5/h6-9,13,18H,10-12H2,1-5H3,(H,20,21). The molecule has 0 fully saturated rings. The highest BCUT2D eigenvalue weighted by atomic mass is 16.4. The van der Waals surface area contributed by atoms with Gasteiger partial charge in [-0.1, -0.05) is 38.1 Å². The van der Waals surface area contributed by atoms with Crippen molar-refractivity contribution in [3.05, 3.63) is 35.4 Å². The van der Waals surface area contributed by atoms with Crippen molar-refractivity contribution in [2.45, 2.75) is 32.7 Å². The summed E-state index contributed by atoms with van der Waals surface area (Å²) < 4.78 is 0. The summed E-state index contributed by atoms with van der Waals surface area (Å²) in [5.74, 6) is -0.252. The number of benzene rings is 1. The number of hydrogen-bond acceptors (Lipinski definition) is 3. The van der Waals surface area contributed by atoms with Crippen LogP contribution >= 0.6 is 0 Å². The smallest absolute Gasteiger partial charge is 0.328 e. The van der Waals surface area contributed by atoms with Crippen LogP contribution in [0.4, 0.5) is 0 Å². The summed E-state index contributed by atoms with van der Waals surface area (Å²) in [6.07, 6.45) is 1.01. The molecule has 0 heterocycles. The maximum Gasteiger partial charge on any atom is 0.328 e. The third-order valence-electron chi connectivity index (χ3n) is 3.64. The Morgan fingerprint density at radius 3 is 2.29 bits per heavy atom. The molecule has 0 aliphatic carbocycles. The third kappa shape index (κ3) is 5.14. The van der Waals surface area contributed by atoms with Crippen LogP contribution in [0.5, 0.6) is 0 Å². The van der Waals surface area contributed by atoms with E-state index in [9.17, 15) is 9.90 Å². The number of carboxylic acid groups (broad SMARTS) is 1. The molecule has 2 N–H and O–H groups in total. The van der Waals surface area contributed by atoms with E-state index < -0.39 is 11.5 Å². The van der Waals surface area contributed by atoms with Crippen molar-refractivity contribution in [1.82, 2.24) is 10.2 Å². The van der Waals surface area contributed by atoms with Gasteiger partial charge in [-0.25, -0.2) is 4.79 Å². The van der Waals surface area contributed by atoms with E-state index in [0.717, 1.165) is 18.5 Å². The van der Waals surface area contributed by atoms with Gasteiger partial charge in [-0.3, -0.25) is 5.32 Å². The van der Waals surface area contributed by atoms with Gasteiger partial charge in [0.05, 0.1) is 0 Å². The van der Waals surface area contributed by atoms with Gasteiger partial charge in [0.1, 0.15) is 5.54 Å². The molecule has 0 saturated carbocycles. The molecular weight excluding hydrogens is 264 g/mol.